The maximum Gasteiger partial charge on any atom is 0.253 e. The number of hydrogen-bond acceptors (Lipinski definition) is 3. The Morgan fingerprint density at radius 3 is 2.38 bits per heavy atom. The summed E-state index contributed by atoms with van der Waals surface area (Å²) in [6.07, 6.45) is 5.89. The number of carbonyl (C=O) groups excluding carboxylic acids is 1. The van der Waals surface area contributed by atoms with Crippen molar-refractivity contribution in [2.45, 2.75) is 46.0 Å². The second-order valence-corrected chi connectivity index (χ2v) is 9.28. The number of hydrogen-bond donors (Lipinski definition) is 2. The smallest absolute Gasteiger partial charge is 0.253 e. The lowest BCUT2D eigenvalue weighted by Gasteiger charge is -2.35. The Morgan fingerprint density at radius 2 is 1.72 bits per heavy atom. The minimum atomic E-state index is 0.137. The van der Waals surface area contributed by atoms with Crippen molar-refractivity contribution in [3.63, 3.8) is 0 Å². The van der Waals surface area contributed by atoms with Gasteiger partial charge >= 0.3 is 0 Å². The van der Waals surface area contributed by atoms with E-state index in [1.54, 1.807) is 0 Å². The van der Waals surface area contributed by atoms with Gasteiger partial charge in [0.25, 0.3) is 5.91 Å². The molecule has 2 aliphatic rings. The van der Waals surface area contributed by atoms with Crippen LogP contribution in [0.5, 0.6) is 0 Å². The van der Waals surface area contributed by atoms with Gasteiger partial charge in [0.2, 0.25) is 0 Å². The number of anilines is 1. The molecule has 0 radical (unpaired) electrons. The van der Waals surface area contributed by atoms with Crippen LogP contribution in [-0.4, -0.2) is 60.1 Å². The van der Waals surface area contributed by atoms with Crippen LogP contribution in [0.3, 0.4) is 0 Å². The van der Waals surface area contributed by atoms with Gasteiger partial charge < -0.3 is 20.4 Å². The van der Waals surface area contributed by atoms with Crippen molar-refractivity contribution in [2.75, 3.05) is 44.6 Å². The highest BCUT2D eigenvalue weighted by molar-refractivity contribution is 7.80. The molecule has 160 valence electrons. The van der Waals surface area contributed by atoms with Gasteiger partial charge in [-0.1, -0.05) is 13.8 Å². The van der Waals surface area contributed by atoms with Crippen LogP contribution in [0.15, 0.2) is 24.3 Å². The van der Waals surface area contributed by atoms with E-state index in [1.807, 2.05) is 29.2 Å². The predicted octanol–water partition coefficient (Wildman–Crippen LogP) is 3.97. The highest BCUT2D eigenvalue weighted by Crippen LogP contribution is 2.20. The van der Waals surface area contributed by atoms with Crippen molar-refractivity contribution >= 4 is 28.9 Å². The van der Waals surface area contributed by atoms with E-state index in [1.165, 1.54) is 25.9 Å². The first-order valence-corrected chi connectivity index (χ1v) is 11.6. The van der Waals surface area contributed by atoms with Crippen LogP contribution in [0.25, 0.3) is 0 Å². The lowest BCUT2D eigenvalue weighted by atomic mass is 9.92. The molecule has 2 unspecified atom stereocenters. The number of thiocarbonyl (C=S) groups is 1. The van der Waals surface area contributed by atoms with Crippen molar-refractivity contribution in [1.29, 1.82) is 0 Å². The number of rotatable bonds is 6. The summed E-state index contributed by atoms with van der Waals surface area (Å²) in [6.45, 7) is 10.9. The quantitative estimate of drug-likeness (QED) is 0.543. The zero-order chi connectivity index (χ0) is 20.6. The molecule has 3 rings (SSSR count). The molecule has 2 saturated heterocycles. The third-order valence-corrected chi connectivity index (χ3v) is 6.16. The Morgan fingerprint density at radius 1 is 1.07 bits per heavy atom. The second-order valence-electron chi connectivity index (χ2n) is 8.87. The minimum absolute atomic E-state index is 0.137. The third kappa shape index (κ3) is 6.96. The fourth-order valence-electron chi connectivity index (χ4n) is 4.63. The van der Waals surface area contributed by atoms with E-state index in [4.69, 9.17) is 12.2 Å². The first-order chi connectivity index (χ1) is 14.0. The summed E-state index contributed by atoms with van der Waals surface area (Å²) in [4.78, 5) is 17.1. The van der Waals surface area contributed by atoms with Gasteiger partial charge in [0.05, 0.1) is 0 Å². The summed E-state index contributed by atoms with van der Waals surface area (Å²) >= 11 is 5.42. The van der Waals surface area contributed by atoms with Gasteiger partial charge in [-0.2, -0.15) is 0 Å². The Balaban J connectivity index is 1.36. The van der Waals surface area contributed by atoms with Crippen LogP contribution in [0, 0.1) is 11.8 Å². The molecule has 2 aliphatic heterocycles. The molecule has 0 aromatic heterocycles. The highest BCUT2D eigenvalue weighted by atomic mass is 32.1. The summed E-state index contributed by atoms with van der Waals surface area (Å²) in [7, 11) is 0. The van der Waals surface area contributed by atoms with Crippen LogP contribution in [0.1, 0.15) is 56.3 Å². The van der Waals surface area contributed by atoms with Gasteiger partial charge in [0.1, 0.15) is 0 Å². The Bertz CT molecular complexity index is 662. The summed E-state index contributed by atoms with van der Waals surface area (Å²) in [6, 6.07) is 7.64. The van der Waals surface area contributed by atoms with Crippen molar-refractivity contribution in [2.24, 2.45) is 11.8 Å². The first kappa shape index (κ1) is 22.0. The molecule has 1 aromatic carbocycles. The number of amides is 1. The zero-order valence-corrected chi connectivity index (χ0v) is 18.8. The maximum atomic E-state index is 12.5. The molecule has 0 spiro atoms. The SMILES string of the molecule is CC1CC(C)CN(CCCNC(=S)Nc2ccc(C(=O)N3CCCCC3)cc2)C1. The Hall–Kier alpha value is -1.66. The van der Waals surface area contributed by atoms with E-state index >= 15 is 0 Å². The van der Waals surface area contributed by atoms with Gasteiger partial charge in [-0.15, -0.1) is 0 Å². The molecule has 0 bridgehead atoms. The number of likely N-dealkylation sites (tertiary alicyclic amines) is 2. The molecule has 2 fully saturated rings. The van der Waals surface area contributed by atoms with Gasteiger partial charge in [0, 0.05) is 44.0 Å². The lowest BCUT2D eigenvalue weighted by molar-refractivity contribution is 0.0724. The van der Waals surface area contributed by atoms with Crippen LogP contribution < -0.4 is 10.6 Å². The van der Waals surface area contributed by atoms with Crippen molar-refractivity contribution in [1.82, 2.24) is 15.1 Å². The molecule has 29 heavy (non-hydrogen) atoms. The predicted molar refractivity (Wildman–Crippen MR) is 124 cm³/mol. The van der Waals surface area contributed by atoms with Crippen LogP contribution in [-0.2, 0) is 0 Å². The average Bonchev–Trinajstić information content (AvgIpc) is 2.71. The largest absolute Gasteiger partial charge is 0.362 e. The van der Waals surface area contributed by atoms with E-state index in [0.717, 1.165) is 68.5 Å². The van der Waals surface area contributed by atoms with E-state index in [2.05, 4.69) is 29.4 Å². The maximum absolute atomic E-state index is 12.5. The zero-order valence-electron chi connectivity index (χ0n) is 18.0. The van der Waals surface area contributed by atoms with E-state index in [9.17, 15) is 4.79 Å². The van der Waals surface area contributed by atoms with Crippen molar-refractivity contribution < 1.29 is 4.79 Å². The monoisotopic (exact) mass is 416 g/mol. The number of nitrogens with one attached hydrogen (secondary N) is 2. The van der Waals surface area contributed by atoms with Crippen molar-refractivity contribution in [3.05, 3.63) is 29.8 Å². The molecule has 5 nitrogen and oxygen atoms in total. The molecule has 1 aromatic rings. The molecule has 0 aliphatic carbocycles. The van der Waals surface area contributed by atoms with Crippen LogP contribution >= 0.6 is 12.2 Å². The third-order valence-electron chi connectivity index (χ3n) is 5.91. The molecule has 2 N–H and O–H groups in total. The second kappa shape index (κ2) is 10.9. The van der Waals surface area contributed by atoms with Crippen LogP contribution in [0.2, 0.25) is 0 Å². The molecule has 0 saturated carbocycles. The molecular formula is C23H36N4OS. The summed E-state index contributed by atoms with van der Waals surface area (Å²) < 4.78 is 0. The minimum Gasteiger partial charge on any atom is -0.362 e. The summed E-state index contributed by atoms with van der Waals surface area (Å²) in [5.74, 6) is 1.75. The summed E-state index contributed by atoms with van der Waals surface area (Å²) in [5.41, 5.74) is 1.66. The van der Waals surface area contributed by atoms with E-state index < -0.39 is 0 Å². The van der Waals surface area contributed by atoms with Crippen LogP contribution in [0.4, 0.5) is 5.69 Å². The normalized spacial score (nSPS) is 22.9. The van der Waals surface area contributed by atoms with Crippen molar-refractivity contribution in [3.8, 4) is 0 Å². The van der Waals surface area contributed by atoms with E-state index in [0.29, 0.717) is 5.11 Å². The number of piperidine rings is 2. The fraction of sp³-hybridized carbons (Fsp3) is 0.652. The summed E-state index contributed by atoms with van der Waals surface area (Å²) in [5, 5.41) is 7.16. The lowest BCUT2D eigenvalue weighted by Crippen LogP contribution is -2.40. The Labute approximate surface area is 181 Å². The van der Waals surface area contributed by atoms with Gasteiger partial charge in [-0.3, -0.25) is 4.79 Å². The van der Waals surface area contributed by atoms with Gasteiger partial charge in [-0.05, 0) is 87.0 Å². The molecular weight excluding hydrogens is 380 g/mol. The number of benzene rings is 1. The van der Waals surface area contributed by atoms with E-state index in [-0.39, 0.29) is 5.91 Å². The topological polar surface area (TPSA) is 47.6 Å². The highest BCUT2D eigenvalue weighted by Gasteiger charge is 2.21. The standard InChI is InChI=1S/C23H36N4OS/c1-18-15-19(2)17-26(16-18)12-6-11-24-23(29)25-21-9-7-20(8-10-21)22(28)27-13-4-3-5-14-27/h7-10,18-19H,3-6,11-17H2,1-2H3,(H2,24,25,29). The first-order valence-electron chi connectivity index (χ1n) is 11.2. The fourth-order valence-corrected chi connectivity index (χ4v) is 4.85. The van der Waals surface area contributed by atoms with Gasteiger partial charge in [0.15, 0.2) is 5.11 Å². The molecule has 6 heteroatoms. The molecule has 2 heterocycles. The molecule has 2 atom stereocenters. The number of nitrogens with zero attached hydrogens (tertiary/aromatic N) is 2. The van der Waals surface area contributed by atoms with Gasteiger partial charge in [-0.25, -0.2) is 0 Å². The molecule has 1 amide bonds. The Kier molecular flexibility index (Phi) is 8.30. The number of carbonyl (C=O) groups is 1. The average molecular weight is 417 g/mol.